The van der Waals surface area contributed by atoms with Crippen LogP contribution in [0.25, 0.3) is 0 Å². The second-order valence-corrected chi connectivity index (χ2v) is 7.17. The average molecular weight is 387 g/mol. The van der Waals surface area contributed by atoms with Gasteiger partial charge in [0.1, 0.15) is 5.41 Å². The molecule has 1 aliphatic heterocycles. The summed E-state index contributed by atoms with van der Waals surface area (Å²) in [6, 6.07) is 4.94. The SMILES string of the molecule is COCC1(C(=O)O)CCCN(C(=O)CC(C)c2cccc(C(F)(F)F)c2)C1. The van der Waals surface area contributed by atoms with E-state index in [1.165, 1.54) is 18.1 Å². The molecule has 0 aromatic heterocycles. The number of alkyl halides is 3. The van der Waals surface area contributed by atoms with Crippen molar-refractivity contribution < 1.29 is 32.6 Å². The summed E-state index contributed by atoms with van der Waals surface area (Å²) in [6.45, 7) is 2.18. The van der Waals surface area contributed by atoms with Crippen molar-refractivity contribution >= 4 is 11.9 Å². The number of ether oxygens (including phenoxy) is 1. The normalized spacial score (nSPS) is 21.7. The highest BCUT2D eigenvalue weighted by atomic mass is 19.4. The molecule has 0 spiro atoms. The summed E-state index contributed by atoms with van der Waals surface area (Å²) in [5.74, 6) is -1.68. The first-order valence-corrected chi connectivity index (χ1v) is 8.76. The molecule has 2 unspecified atom stereocenters. The molecule has 0 aliphatic carbocycles. The van der Waals surface area contributed by atoms with Gasteiger partial charge < -0.3 is 14.7 Å². The number of likely N-dealkylation sites (tertiary alicyclic amines) is 1. The van der Waals surface area contributed by atoms with Crippen molar-refractivity contribution in [1.82, 2.24) is 4.90 Å². The van der Waals surface area contributed by atoms with Crippen LogP contribution in [0.3, 0.4) is 0 Å². The summed E-state index contributed by atoms with van der Waals surface area (Å²) >= 11 is 0. The molecule has 1 aromatic carbocycles. The largest absolute Gasteiger partial charge is 0.481 e. The van der Waals surface area contributed by atoms with Gasteiger partial charge in [-0.15, -0.1) is 0 Å². The Labute approximate surface area is 156 Å². The van der Waals surface area contributed by atoms with Crippen molar-refractivity contribution in [3.05, 3.63) is 35.4 Å². The van der Waals surface area contributed by atoms with Crippen molar-refractivity contribution in [1.29, 1.82) is 0 Å². The number of carbonyl (C=O) groups is 2. The molecule has 0 saturated carbocycles. The smallest absolute Gasteiger partial charge is 0.416 e. The summed E-state index contributed by atoms with van der Waals surface area (Å²) < 4.78 is 43.7. The first-order chi connectivity index (χ1) is 12.6. The van der Waals surface area contributed by atoms with Gasteiger partial charge in [-0.3, -0.25) is 9.59 Å². The second kappa shape index (κ2) is 8.29. The molecule has 0 bridgehead atoms. The molecule has 1 saturated heterocycles. The number of nitrogens with zero attached hydrogens (tertiary/aromatic N) is 1. The second-order valence-electron chi connectivity index (χ2n) is 7.17. The van der Waals surface area contributed by atoms with Gasteiger partial charge >= 0.3 is 12.1 Å². The van der Waals surface area contributed by atoms with Crippen molar-refractivity contribution in [2.45, 2.75) is 38.3 Å². The molecule has 1 amide bonds. The van der Waals surface area contributed by atoms with Crippen LogP contribution in [0.1, 0.15) is 43.2 Å². The third kappa shape index (κ3) is 5.00. The van der Waals surface area contributed by atoms with Crippen LogP contribution in [0.4, 0.5) is 13.2 Å². The molecule has 0 radical (unpaired) electrons. The fraction of sp³-hybridized carbons (Fsp3) is 0.579. The molecule has 2 atom stereocenters. The number of carboxylic acid groups (broad SMARTS) is 1. The minimum absolute atomic E-state index is 0.00922. The monoisotopic (exact) mass is 387 g/mol. The van der Waals surface area contributed by atoms with E-state index < -0.39 is 29.0 Å². The predicted octanol–water partition coefficient (Wildman–Crippen LogP) is 3.54. The predicted molar refractivity (Wildman–Crippen MR) is 92.2 cm³/mol. The molecule has 27 heavy (non-hydrogen) atoms. The Kier molecular flexibility index (Phi) is 6.51. The minimum atomic E-state index is -4.44. The summed E-state index contributed by atoms with van der Waals surface area (Å²) in [6.07, 6.45) is -3.46. The van der Waals surface area contributed by atoms with E-state index in [9.17, 15) is 27.9 Å². The molecule has 8 heteroatoms. The van der Waals surface area contributed by atoms with Crippen molar-refractivity contribution in [2.24, 2.45) is 5.41 Å². The fourth-order valence-corrected chi connectivity index (χ4v) is 3.51. The lowest BCUT2D eigenvalue weighted by atomic mass is 9.80. The quantitative estimate of drug-likeness (QED) is 0.811. The number of piperidine rings is 1. The Balaban J connectivity index is 2.09. The van der Waals surface area contributed by atoms with E-state index in [2.05, 4.69) is 0 Å². The van der Waals surface area contributed by atoms with Crippen LogP contribution in [0.5, 0.6) is 0 Å². The highest BCUT2D eigenvalue weighted by molar-refractivity contribution is 5.80. The van der Waals surface area contributed by atoms with E-state index in [0.717, 1.165) is 12.1 Å². The Hall–Kier alpha value is -2.09. The van der Waals surface area contributed by atoms with Crippen molar-refractivity contribution in [2.75, 3.05) is 26.8 Å². The maximum absolute atomic E-state index is 12.9. The van der Waals surface area contributed by atoms with Gasteiger partial charge in [0, 0.05) is 26.6 Å². The van der Waals surface area contributed by atoms with E-state index in [0.29, 0.717) is 24.9 Å². The number of halogens is 3. The lowest BCUT2D eigenvalue weighted by Crippen LogP contribution is -2.52. The number of carbonyl (C=O) groups excluding carboxylic acids is 1. The van der Waals surface area contributed by atoms with Gasteiger partial charge in [0.25, 0.3) is 0 Å². The topological polar surface area (TPSA) is 66.8 Å². The van der Waals surface area contributed by atoms with E-state index in [1.54, 1.807) is 13.0 Å². The molecule has 150 valence electrons. The highest BCUT2D eigenvalue weighted by Crippen LogP contribution is 2.34. The Bertz CT molecular complexity index is 688. The van der Waals surface area contributed by atoms with Crippen LogP contribution in [0, 0.1) is 5.41 Å². The van der Waals surface area contributed by atoms with Gasteiger partial charge in [0.15, 0.2) is 0 Å². The highest BCUT2D eigenvalue weighted by Gasteiger charge is 2.44. The zero-order chi connectivity index (χ0) is 20.2. The van der Waals surface area contributed by atoms with Crippen LogP contribution in [0.15, 0.2) is 24.3 Å². The average Bonchev–Trinajstić information content (AvgIpc) is 2.61. The summed E-state index contributed by atoms with van der Waals surface area (Å²) in [4.78, 5) is 25.8. The lowest BCUT2D eigenvalue weighted by molar-refractivity contribution is -0.159. The van der Waals surface area contributed by atoms with Crippen molar-refractivity contribution in [3.63, 3.8) is 0 Å². The van der Waals surface area contributed by atoms with Gasteiger partial charge in [0.2, 0.25) is 5.91 Å². The third-order valence-electron chi connectivity index (χ3n) is 5.07. The van der Waals surface area contributed by atoms with Gasteiger partial charge in [-0.2, -0.15) is 13.2 Å². The number of hydrogen-bond acceptors (Lipinski definition) is 3. The van der Waals surface area contributed by atoms with Gasteiger partial charge in [-0.1, -0.05) is 25.1 Å². The maximum Gasteiger partial charge on any atom is 0.416 e. The Morgan fingerprint density at radius 1 is 1.37 bits per heavy atom. The maximum atomic E-state index is 12.9. The van der Waals surface area contributed by atoms with Crippen molar-refractivity contribution in [3.8, 4) is 0 Å². The van der Waals surface area contributed by atoms with E-state index in [4.69, 9.17) is 4.74 Å². The number of rotatable bonds is 6. The molecule has 1 N–H and O–H groups in total. The number of aliphatic carboxylic acids is 1. The number of methoxy groups -OCH3 is 1. The number of hydrogen-bond donors (Lipinski definition) is 1. The minimum Gasteiger partial charge on any atom is -0.481 e. The van der Waals surface area contributed by atoms with E-state index in [1.807, 2.05) is 0 Å². The van der Waals surface area contributed by atoms with Gasteiger partial charge in [-0.05, 0) is 30.4 Å². The summed E-state index contributed by atoms with van der Waals surface area (Å²) in [5.41, 5.74) is -1.46. The Morgan fingerprint density at radius 3 is 2.67 bits per heavy atom. The fourth-order valence-electron chi connectivity index (χ4n) is 3.51. The molecule has 1 heterocycles. The first kappa shape index (κ1) is 21.2. The first-order valence-electron chi connectivity index (χ1n) is 8.76. The zero-order valence-electron chi connectivity index (χ0n) is 15.4. The molecular formula is C19H24F3NO4. The molecule has 5 nitrogen and oxygen atoms in total. The van der Waals surface area contributed by atoms with Crippen LogP contribution in [-0.2, 0) is 20.5 Å². The molecule has 1 fully saturated rings. The molecular weight excluding hydrogens is 363 g/mol. The lowest BCUT2D eigenvalue weighted by Gasteiger charge is -2.39. The Morgan fingerprint density at radius 2 is 2.07 bits per heavy atom. The van der Waals surface area contributed by atoms with E-state index >= 15 is 0 Å². The molecule has 2 rings (SSSR count). The standard InChI is InChI=1S/C19H24F3NO4/c1-13(14-5-3-6-15(10-14)19(20,21)22)9-16(24)23-8-4-7-18(11-23,12-27-2)17(25)26/h3,5-6,10,13H,4,7-9,11-12H2,1-2H3,(H,25,26). The molecule has 1 aromatic rings. The van der Waals surface area contributed by atoms with Crippen LogP contribution in [0.2, 0.25) is 0 Å². The molecule has 1 aliphatic rings. The van der Waals surface area contributed by atoms with Gasteiger partial charge in [-0.25, -0.2) is 0 Å². The van der Waals surface area contributed by atoms with Crippen LogP contribution in [-0.4, -0.2) is 48.7 Å². The zero-order valence-corrected chi connectivity index (χ0v) is 15.4. The van der Waals surface area contributed by atoms with Gasteiger partial charge in [0.05, 0.1) is 12.2 Å². The van der Waals surface area contributed by atoms with E-state index in [-0.39, 0.29) is 25.5 Å². The van der Waals surface area contributed by atoms with Crippen LogP contribution >= 0.6 is 0 Å². The third-order valence-corrected chi connectivity index (χ3v) is 5.07. The summed E-state index contributed by atoms with van der Waals surface area (Å²) in [7, 11) is 1.42. The number of amides is 1. The van der Waals surface area contributed by atoms with Crippen LogP contribution < -0.4 is 0 Å². The number of carboxylic acids is 1. The number of benzene rings is 1. The summed E-state index contributed by atoms with van der Waals surface area (Å²) in [5, 5.41) is 9.56.